The van der Waals surface area contributed by atoms with Gasteiger partial charge in [0.15, 0.2) is 0 Å². The molecule has 1 N–H and O–H groups in total. The summed E-state index contributed by atoms with van der Waals surface area (Å²) in [5.41, 5.74) is 0.510. The number of carbonyl (C=O) groups excluding carboxylic acids is 1. The quantitative estimate of drug-likeness (QED) is 0.857. The number of amides is 1. The molecule has 0 radical (unpaired) electrons. The van der Waals surface area contributed by atoms with Gasteiger partial charge in [0.05, 0.1) is 10.9 Å². The topological polar surface area (TPSA) is 29.1 Å². The third-order valence-corrected chi connectivity index (χ3v) is 3.18. The van der Waals surface area contributed by atoms with Crippen molar-refractivity contribution in [2.24, 2.45) is 0 Å². The SMILES string of the molecule is O=C(NCC(Cl)c1ccccc1)c1cc(F)ccc1F. The van der Waals surface area contributed by atoms with Crippen molar-refractivity contribution >= 4 is 17.5 Å². The summed E-state index contributed by atoms with van der Waals surface area (Å²) in [5, 5.41) is 2.05. The van der Waals surface area contributed by atoms with E-state index < -0.39 is 22.9 Å². The van der Waals surface area contributed by atoms with Crippen molar-refractivity contribution < 1.29 is 13.6 Å². The summed E-state index contributed by atoms with van der Waals surface area (Å²) in [6.45, 7) is 0.125. The van der Waals surface area contributed by atoms with Gasteiger partial charge in [-0.25, -0.2) is 8.78 Å². The summed E-state index contributed by atoms with van der Waals surface area (Å²) in [6.07, 6.45) is 0. The summed E-state index contributed by atoms with van der Waals surface area (Å²) >= 11 is 6.13. The van der Waals surface area contributed by atoms with E-state index in [0.717, 1.165) is 23.8 Å². The fraction of sp³-hybridized carbons (Fsp3) is 0.133. The lowest BCUT2D eigenvalue weighted by molar-refractivity contribution is 0.0949. The summed E-state index contributed by atoms with van der Waals surface area (Å²) in [5.74, 6) is -2.12. The van der Waals surface area contributed by atoms with Gasteiger partial charge in [0.2, 0.25) is 0 Å². The van der Waals surface area contributed by atoms with Crippen molar-refractivity contribution in [3.05, 3.63) is 71.3 Å². The van der Waals surface area contributed by atoms with Crippen molar-refractivity contribution in [3.8, 4) is 0 Å². The van der Waals surface area contributed by atoms with Crippen LogP contribution in [0.2, 0.25) is 0 Å². The van der Waals surface area contributed by atoms with Crippen molar-refractivity contribution in [1.29, 1.82) is 0 Å². The zero-order chi connectivity index (χ0) is 14.5. The standard InChI is InChI=1S/C15H12ClF2NO/c16-13(10-4-2-1-3-5-10)9-19-15(20)12-8-11(17)6-7-14(12)18/h1-8,13H,9H2,(H,19,20). The average molecular weight is 296 g/mol. The number of carbonyl (C=O) groups is 1. The second-order valence-corrected chi connectivity index (χ2v) is 4.74. The fourth-order valence-corrected chi connectivity index (χ4v) is 1.95. The number of alkyl halides is 1. The highest BCUT2D eigenvalue weighted by Crippen LogP contribution is 2.19. The van der Waals surface area contributed by atoms with Gasteiger partial charge in [0, 0.05) is 6.54 Å². The molecular formula is C15H12ClF2NO. The van der Waals surface area contributed by atoms with E-state index in [2.05, 4.69) is 5.32 Å². The molecule has 104 valence electrons. The Morgan fingerprint density at radius 2 is 1.85 bits per heavy atom. The zero-order valence-electron chi connectivity index (χ0n) is 10.4. The Bertz CT molecular complexity index is 604. The Balaban J connectivity index is 2.00. The molecule has 2 nitrogen and oxygen atoms in total. The van der Waals surface area contributed by atoms with E-state index in [4.69, 9.17) is 11.6 Å². The van der Waals surface area contributed by atoms with Gasteiger partial charge in [-0.1, -0.05) is 30.3 Å². The van der Waals surface area contributed by atoms with Crippen molar-refractivity contribution in [3.63, 3.8) is 0 Å². The average Bonchev–Trinajstić information content (AvgIpc) is 2.47. The molecule has 0 saturated carbocycles. The molecule has 1 amide bonds. The van der Waals surface area contributed by atoms with Crippen LogP contribution in [0.15, 0.2) is 48.5 Å². The van der Waals surface area contributed by atoms with Gasteiger partial charge in [-0.3, -0.25) is 4.79 Å². The second-order valence-electron chi connectivity index (χ2n) is 4.21. The maximum absolute atomic E-state index is 13.4. The summed E-state index contributed by atoms with van der Waals surface area (Å²) in [7, 11) is 0. The molecule has 2 rings (SSSR count). The first-order chi connectivity index (χ1) is 9.58. The molecule has 0 saturated heterocycles. The molecule has 0 spiro atoms. The van der Waals surface area contributed by atoms with E-state index in [0.29, 0.717) is 0 Å². The molecule has 1 unspecified atom stereocenters. The third-order valence-electron chi connectivity index (χ3n) is 2.78. The fourth-order valence-electron chi connectivity index (χ4n) is 1.73. The highest BCUT2D eigenvalue weighted by molar-refractivity contribution is 6.21. The van der Waals surface area contributed by atoms with E-state index in [9.17, 15) is 13.6 Å². The van der Waals surface area contributed by atoms with E-state index in [-0.39, 0.29) is 12.1 Å². The van der Waals surface area contributed by atoms with Gasteiger partial charge in [-0.05, 0) is 23.8 Å². The van der Waals surface area contributed by atoms with Crippen molar-refractivity contribution in [2.45, 2.75) is 5.38 Å². The van der Waals surface area contributed by atoms with E-state index in [1.54, 1.807) is 0 Å². The normalized spacial score (nSPS) is 11.9. The summed E-state index contributed by atoms with van der Waals surface area (Å²) in [6, 6.07) is 11.9. The van der Waals surface area contributed by atoms with Crippen molar-refractivity contribution in [1.82, 2.24) is 5.32 Å². The van der Waals surface area contributed by atoms with Crippen LogP contribution in [0.1, 0.15) is 21.3 Å². The molecule has 2 aromatic carbocycles. The first-order valence-electron chi connectivity index (χ1n) is 6.00. The molecule has 5 heteroatoms. The predicted octanol–water partition coefficient (Wildman–Crippen LogP) is 3.67. The van der Waals surface area contributed by atoms with Crippen LogP contribution in [-0.4, -0.2) is 12.5 Å². The summed E-state index contributed by atoms with van der Waals surface area (Å²) in [4.78, 5) is 11.8. The largest absolute Gasteiger partial charge is 0.350 e. The maximum Gasteiger partial charge on any atom is 0.254 e. The molecule has 20 heavy (non-hydrogen) atoms. The zero-order valence-corrected chi connectivity index (χ0v) is 11.2. The number of hydrogen-bond acceptors (Lipinski definition) is 1. The molecule has 1 atom stereocenters. The maximum atomic E-state index is 13.4. The van der Waals surface area contributed by atoms with Crippen LogP contribution >= 0.6 is 11.6 Å². The Morgan fingerprint density at radius 1 is 1.15 bits per heavy atom. The van der Waals surface area contributed by atoms with Gasteiger partial charge in [0.25, 0.3) is 5.91 Å². The van der Waals surface area contributed by atoms with Crippen LogP contribution in [0.5, 0.6) is 0 Å². The highest BCUT2D eigenvalue weighted by Gasteiger charge is 2.14. The minimum absolute atomic E-state index is 0.125. The molecule has 0 bridgehead atoms. The van der Waals surface area contributed by atoms with Gasteiger partial charge in [-0.2, -0.15) is 0 Å². The number of benzene rings is 2. The van der Waals surface area contributed by atoms with Crippen LogP contribution in [-0.2, 0) is 0 Å². The minimum Gasteiger partial charge on any atom is -0.350 e. The van der Waals surface area contributed by atoms with Crippen LogP contribution in [0.4, 0.5) is 8.78 Å². The summed E-state index contributed by atoms with van der Waals surface area (Å²) < 4.78 is 26.4. The Labute approximate surface area is 120 Å². The van der Waals surface area contributed by atoms with Crippen LogP contribution in [0, 0.1) is 11.6 Å². The van der Waals surface area contributed by atoms with Crippen LogP contribution < -0.4 is 5.32 Å². The molecule has 0 aliphatic carbocycles. The number of nitrogens with one attached hydrogen (secondary N) is 1. The first kappa shape index (κ1) is 14.5. The van der Waals surface area contributed by atoms with E-state index >= 15 is 0 Å². The smallest absolute Gasteiger partial charge is 0.254 e. The molecule has 0 fully saturated rings. The molecule has 0 aromatic heterocycles. The van der Waals surface area contributed by atoms with Crippen LogP contribution in [0.3, 0.4) is 0 Å². The Kier molecular flexibility index (Phi) is 4.69. The van der Waals surface area contributed by atoms with Crippen molar-refractivity contribution in [2.75, 3.05) is 6.54 Å². The van der Waals surface area contributed by atoms with Gasteiger partial charge in [0.1, 0.15) is 11.6 Å². The van der Waals surface area contributed by atoms with E-state index in [1.807, 2.05) is 30.3 Å². The lowest BCUT2D eigenvalue weighted by atomic mass is 10.1. The molecule has 2 aromatic rings. The molecule has 0 aliphatic rings. The second kappa shape index (κ2) is 6.48. The monoisotopic (exact) mass is 295 g/mol. The molecular weight excluding hydrogens is 284 g/mol. The highest BCUT2D eigenvalue weighted by atomic mass is 35.5. The van der Waals surface area contributed by atoms with Gasteiger partial charge >= 0.3 is 0 Å². The van der Waals surface area contributed by atoms with Crippen LogP contribution in [0.25, 0.3) is 0 Å². The minimum atomic E-state index is -0.769. The van der Waals surface area contributed by atoms with Gasteiger partial charge in [-0.15, -0.1) is 11.6 Å². The number of rotatable bonds is 4. The van der Waals surface area contributed by atoms with Gasteiger partial charge < -0.3 is 5.32 Å². The lowest BCUT2D eigenvalue weighted by Crippen LogP contribution is -2.27. The number of halogens is 3. The molecule has 0 heterocycles. The Morgan fingerprint density at radius 3 is 2.55 bits per heavy atom. The first-order valence-corrected chi connectivity index (χ1v) is 6.44. The number of hydrogen-bond donors (Lipinski definition) is 1. The Hall–Kier alpha value is -1.94. The predicted molar refractivity (Wildman–Crippen MR) is 73.7 cm³/mol. The lowest BCUT2D eigenvalue weighted by Gasteiger charge is -2.11. The third kappa shape index (κ3) is 3.54. The molecule has 0 aliphatic heterocycles. The van der Waals surface area contributed by atoms with E-state index in [1.165, 1.54) is 0 Å².